The maximum absolute atomic E-state index is 14.2. The number of carbonyl (C=O) groups excluding carboxylic acids is 2. The Morgan fingerprint density at radius 3 is 2.48 bits per heavy atom. The van der Waals surface area contributed by atoms with Gasteiger partial charge in [0.05, 0.1) is 10.9 Å². The quantitative estimate of drug-likeness (QED) is 0.772. The van der Waals surface area contributed by atoms with E-state index in [1.54, 1.807) is 33.7 Å². The Bertz CT molecular complexity index is 619. The zero-order chi connectivity index (χ0) is 18.6. The van der Waals surface area contributed by atoms with Gasteiger partial charge in [-0.25, -0.2) is 4.39 Å². The minimum absolute atomic E-state index is 0.0381. The van der Waals surface area contributed by atoms with Crippen LogP contribution in [0.25, 0.3) is 0 Å². The third-order valence-corrected chi connectivity index (χ3v) is 5.78. The van der Waals surface area contributed by atoms with E-state index in [-0.39, 0.29) is 22.8 Å². The second-order valence-electron chi connectivity index (χ2n) is 6.64. The van der Waals surface area contributed by atoms with E-state index in [2.05, 4.69) is 13.8 Å². The maximum atomic E-state index is 14.2. The van der Waals surface area contributed by atoms with E-state index in [0.717, 1.165) is 6.42 Å². The van der Waals surface area contributed by atoms with Gasteiger partial charge in [-0.05, 0) is 38.3 Å². The number of halogens is 1. The third kappa shape index (κ3) is 4.35. The highest BCUT2D eigenvalue weighted by atomic mass is 32.2. The molecular formula is C19H27FN2O2S. The highest BCUT2D eigenvalue weighted by Crippen LogP contribution is 2.35. The molecule has 0 N–H and O–H groups in total. The summed E-state index contributed by atoms with van der Waals surface area (Å²) in [6.45, 7) is 9.24. The van der Waals surface area contributed by atoms with Crippen LogP contribution in [0.2, 0.25) is 0 Å². The van der Waals surface area contributed by atoms with Crippen LogP contribution in [-0.4, -0.2) is 51.9 Å². The number of hydrogen-bond acceptors (Lipinski definition) is 3. The Morgan fingerprint density at radius 1 is 1.28 bits per heavy atom. The Balaban J connectivity index is 2.35. The number of hydrogen-bond donors (Lipinski definition) is 0. The average molecular weight is 367 g/mol. The molecule has 4 nitrogen and oxygen atoms in total. The van der Waals surface area contributed by atoms with E-state index >= 15 is 0 Å². The molecule has 0 bridgehead atoms. The van der Waals surface area contributed by atoms with Gasteiger partial charge in [-0.2, -0.15) is 0 Å². The molecule has 2 amide bonds. The molecule has 2 atom stereocenters. The van der Waals surface area contributed by atoms with Crippen LogP contribution in [0.4, 0.5) is 4.39 Å². The van der Waals surface area contributed by atoms with Crippen LogP contribution in [0.1, 0.15) is 44.5 Å². The molecule has 6 heteroatoms. The summed E-state index contributed by atoms with van der Waals surface area (Å²) in [6, 6.07) is 5.47. The smallest absolute Gasteiger partial charge is 0.258 e. The van der Waals surface area contributed by atoms with Gasteiger partial charge in [-0.3, -0.25) is 9.59 Å². The fourth-order valence-corrected chi connectivity index (χ4v) is 4.76. The summed E-state index contributed by atoms with van der Waals surface area (Å²) in [5.74, 6) is -0.0300. The van der Waals surface area contributed by atoms with Gasteiger partial charge in [0, 0.05) is 18.8 Å². The minimum atomic E-state index is -0.540. The molecule has 1 aromatic carbocycles. The van der Waals surface area contributed by atoms with Crippen LogP contribution in [-0.2, 0) is 4.79 Å². The van der Waals surface area contributed by atoms with Gasteiger partial charge >= 0.3 is 0 Å². The van der Waals surface area contributed by atoms with Crippen LogP contribution in [0.15, 0.2) is 24.3 Å². The van der Waals surface area contributed by atoms with Gasteiger partial charge in [0.2, 0.25) is 5.91 Å². The van der Waals surface area contributed by atoms with E-state index in [0.29, 0.717) is 24.8 Å². The standard InChI is InChI=1S/C19H27FN2O2S/c1-5-21(6-2)19(24)16-12-25-17(11-13(3)4)22(16)18(23)14-9-7-8-10-15(14)20/h7-10,13,16-17H,5-6,11-12H2,1-4H3. The normalized spacial score (nSPS) is 20.2. The summed E-state index contributed by atoms with van der Waals surface area (Å²) in [7, 11) is 0. The van der Waals surface area contributed by atoms with Crippen molar-refractivity contribution < 1.29 is 14.0 Å². The zero-order valence-electron chi connectivity index (χ0n) is 15.4. The Hall–Kier alpha value is -1.56. The van der Waals surface area contributed by atoms with Crippen LogP contribution in [0.5, 0.6) is 0 Å². The summed E-state index contributed by atoms with van der Waals surface area (Å²) in [5.41, 5.74) is 0.0381. The van der Waals surface area contributed by atoms with E-state index in [4.69, 9.17) is 0 Å². The zero-order valence-corrected chi connectivity index (χ0v) is 16.2. The largest absolute Gasteiger partial charge is 0.341 e. The fourth-order valence-electron chi connectivity index (χ4n) is 3.13. The summed E-state index contributed by atoms with van der Waals surface area (Å²) >= 11 is 1.62. The molecule has 25 heavy (non-hydrogen) atoms. The van der Waals surface area contributed by atoms with E-state index in [9.17, 15) is 14.0 Å². The summed E-state index contributed by atoms with van der Waals surface area (Å²) in [5, 5.41) is -0.100. The Kier molecular flexibility index (Phi) is 6.87. The molecule has 138 valence electrons. The van der Waals surface area contributed by atoms with Crippen molar-refractivity contribution in [2.75, 3.05) is 18.8 Å². The van der Waals surface area contributed by atoms with Crippen molar-refractivity contribution in [3.63, 3.8) is 0 Å². The van der Waals surface area contributed by atoms with Crippen LogP contribution >= 0.6 is 11.8 Å². The molecule has 0 spiro atoms. The molecule has 0 aliphatic carbocycles. The number of rotatable bonds is 6. The molecule has 2 unspecified atom stereocenters. The van der Waals surface area contributed by atoms with Gasteiger partial charge in [0.1, 0.15) is 11.9 Å². The van der Waals surface area contributed by atoms with Gasteiger partial charge in [-0.1, -0.05) is 26.0 Å². The van der Waals surface area contributed by atoms with Crippen molar-refractivity contribution in [2.45, 2.75) is 45.5 Å². The lowest BCUT2D eigenvalue weighted by Gasteiger charge is -2.32. The summed E-state index contributed by atoms with van der Waals surface area (Å²) in [6.07, 6.45) is 0.785. The highest BCUT2D eigenvalue weighted by Gasteiger charge is 2.43. The second kappa shape index (κ2) is 8.70. The van der Waals surface area contributed by atoms with Crippen molar-refractivity contribution in [1.82, 2.24) is 9.80 Å². The first kappa shape index (κ1) is 19.8. The molecule has 1 aromatic rings. The number of amides is 2. The Morgan fingerprint density at radius 2 is 1.92 bits per heavy atom. The SMILES string of the molecule is CCN(CC)C(=O)C1CSC(CC(C)C)N1C(=O)c1ccccc1F. The molecule has 0 aromatic heterocycles. The van der Waals surface area contributed by atoms with Gasteiger partial charge in [0.15, 0.2) is 0 Å². The minimum Gasteiger partial charge on any atom is -0.341 e. The third-order valence-electron chi connectivity index (χ3n) is 4.46. The van der Waals surface area contributed by atoms with Gasteiger partial charge in [0.25, 0.3) is 5.91 Å². The first-order chi connectivity index (χ1) is 11.9. The lowest BCUT2D eigenvalue weighted by atomic mass is 10.1. The summed E-state index contributed by atoms with van der Waals surface area (Å²) in [4.78, 5) is 29.3. The van der Waals surface area contributed by atoms with Crippen molar-refractivity contribution in [3.8, 4) is 0 Å². The van der Waals surface area contributed by atoms with Gasteiger partial charge < -0.3 is 9.80 Å². The monoisotopic (exact) mass is 366 g/mol. The molecule has 2 rings (SSSR count). The number of thioether (sulfide) groups is 1. The average Bonchev–Trinajstić information content (AvgIpc) is 2.98. The van der Waals surface area contributed by atoms with E-state index < -0.39 is 11.9 Å². The first-order valence-electron chi connectivity index (χ1n) is 8.88. The van der Waals surface area contributed by atoms with Crippen LogP contribution < -0.4 is 0 Å². The van der Waals surface area contributed by atoms with Crippen molar-refractivity contribution in [3.05, 3.63) is 35.6 Å². The number of nitrogens with zero attached hydrogens (tertiary/aromatic N) is 2. The van der Waals surface area contributed by atoms with Crippen molar-refractivity contribution >= 4 is 23.6 Å². The maximum Gasteiger partial charge on any atom is 0.258 e. The molecule has 1 saturated heterocycles. The molecule has 1 aliphatic rings. The van der Waals surface area contributed by atoms with Crippen LogP contribution in [0.3, 0.4) is 0 Å². The Labute approximate surface area is 153 Å². The number of carbonyl (C=O) groups is 2. The lowest BCUT2D eigenvalue weighted by Crippen LogP contribution is -2.51. The van der Waals surface area contributed by atoms with Gasteiger partial charge in [-0.15, -0.1) is 11.8 Å². The molecule has 0 radical (unpaired) electrons. The van der Waals surface area contributed by atoms with E-state index in [1.807, 2.05) is 13.8 Å². The fraction of sp³-hybridized carbons (Fsp3) is 0.579. The second-order valence-corrected chi connectivity index (χ2v) is 7.85. The molecule has 1 aliphatic heterocycles. The predicted molar refractivity (Wildman–Crippen MR) is 100.0 cm³/mol. The first-order valence-corrected chi connectivity index (χ1v) is 9.93. The summed E-state index contributed by atoms with van der Waals surface area (Å²) < 4.78 is 14.2. The molecular weight excluding hydrogens is 339 g/mol. The van der Waals surface area contributed by atoms with Crippen LogP contribution in [0, 0.1) is 11.7 Å². The lowest BCUT2D eigenvalue weighted by molar-refractivity contribution is -0.134. The van der Waals surface area contributed by atoms with Crippen molar-refractivity contribution in [2.24, 2.45) is 5.92 Å². The highest BCUT2D eigenvalue weighted by molar-refractivity contribution is 8.00. The van der Waals surface area contributed by atoms with E-state index in [1.165, 1.54) is 12.1 Å². The van der Waals surface area contributed by atoms with Crippen molar-refractivity contribution in [1.29, 1.82) is 0 Å². The molecule has 0 saturated carbocycles. The number of benzene rings is 1. The molecule has 1 fully saturated rings. The number of likely N-dealkylation sites (N-methyl/N-ethyl adjacent to an activating group) is 1. The predicted octanol–water partition coefficient (Wildman–Crippen LogP) is 3.62. The topological polar surface area (TPSA) is 40.6 Å². The molecule has 1 heterocycles.